The van der Waals surface area contributed by atoms with Gasteiger partial charge in [0, 0.05) is 12.6 Å². The number of rotatable bonds is 6. The van der Waals surface area contributed by atoms with Crippen LogP contribution >= 0.6 is 0 Å². The highest BCUT2D eigenvalue weighted by Crippen LogP contribution is 2.26. The summed E-state index contributed by atoms with van der Waals surface area (Å²) in [6.07, 6.45) is 8.03. The van der Waals surface area contributed by atoms with Crippen LogP contribution in [0.15, 0.2) is 29.2 Å². The number of sulfonamides is 1. The molecule has 0 saturated heterocycles. The minimum Gasteiger partial charge on any atom is -0.258 e. The van der Waals surface area contributed by atoms with Crippen molar-refractivity contribution in [3.63, 3.8) is 0 Å². The van der Waals surface area contributed by atoms with Gasteiger partial charge in [-0.25, -0.2) is 13.1 Å². The maximum atomic E-state index is 12.3. The monoisotopic (exact) mass is 326 g/mol. The molecule has 7 heteroatoms. The summed E-state index contributed by atoms with van der Waals surface area (Å²) in [5.41, 5.74) is -0.385. The van der Waals surface area contributed by atoms with Crippen LogP contribution in [0.25, 0.3) is 0 Å². The van der Waals surface area contributed by atoms with Crippen LogP contribution in [0.5, 0.6) is 0 Å². The second kappa shape index (κ2) is 7.69. The number of benzene rings is 1. The molecule has 1 fully saturated rings. The average molecular weight is 326 g/mol. The fraction of sp³-hybridized carbons (Fsp3) is 0.600. The highest BCUT2D eigenvalue weighted by molar-refractivity contribution is 7.89. The van der Waals surface area contributed by atoms with Gasteiger partial charge in [0.2, 0.25) is 10.0 Å². The van der Waals surface area contributed by atoms with Gasteiger partial charge < -0.3 is 0 Å². The number of nitro benzene ring substituents is 1. The highest BCUT2D eigenvalue weighted by atomic mass is 32.2. The van der Waals surface area contributed by atoms with Crippen LogP contribution in [0, 0.1) is 16.0 Å². The summed E-state index contributed by atoms with van der Waals surface area (Å²) >= 11 is 0. The Kier molecular flexibility index (Phi) is 5.90. The molecule has 1 N–H and O–H groups in total. The van der Waals surface area contributed by atoms with Gasteiger partial charge in [-0.15, -0.1) is 0 Å². The van der Waals surface area contributed by atoms with Crippen molar-refractivity contribution < 1.29 is 13.3 Å². The van der Waals surface area contributed by atoms with Crippen molar-refractivity contribution in [1.82, 2.24) is 4.72 Å². The third-order valence-corrected chi connectivity index (χ3v) is 5.68. The Morgan fingerprint density at radius 3 is 2.41 bits per heavy atom. The molecule has 1 saturated carbocycles. The first kappa shape index (κ1) is 16.9. The summed E-state index contributed by atoms with van der Waals surface area (Å²) in [7, 11) is -3.84. The average Bonchev–Trinajstić information content (AvgIpc) is 2.76. The molecule has 22 heavy (non-hydrogen) atoms. The van der Waals surface area contributed by atoms with Crippen LogP contribution in [0.3, 0.4) is 0 Å². The first-order valence-electron chi connectivity index (χ1n) is 7.74. The number of nitro groups is 1. The summed E-state index contributed by atoms with van der Waals surface area (Å²) in [5.74, 6) is 0.552. The maximum Gasteiger partial charge on any atom is 0.289 e. The summed E-state index contributed by atoms with van der Waals surface area (Å²) in [5, 5.41) is 10.9. The van der Waals surface area contributed by atoms with Crippen LogP contribution < -0.4 is 4.72 Å². The van der Waals surface area contributed by atoms with E-state index in [1.165, 1.54) is 49.9 Å². The molecule has 6 nitrogen and oxygen atoms in total. The molecular weight excluding hydrogens is 304 g/mol. The van der Waals surface area contributed by atoms with Gasteiger partial charge >= 0.3 is 0 Å². The van der Waals surface area contributed by atoms with E-state index in [1.54, 1.807) is 0 Å². The molecular formula is C15H22N2O4S. The lowest BCUT2D eigenvalue weighted by Gasteiger charge is -2.14. The highest BCUT2D eigenvalue weighted by Gasteiger charge is 2.25. The smallest absolute Gasteiger partial charge is 0.258 e. The number of para-hydroxylation sites is 1. The Morgan fingerprint density at radius 2 is 1.77 bits per heavy atom. The van der Waals surface area contributed by atoms with E-state index in [2.05, 4.69) is 4.72 Å². The SMILES string of the molecule is O=[N+]([O-])c1ccccc1S(=O)(=O)NCCC1CCCCCC1. The first-order chi connectivity index (χ1) is 10.5. The lowest BCUT2D eigenvalue weighted by atomic mass is 9.97. The van der Waals surface area contributed by atoms with E-state index < -0.39 is 14.9 Å². The topological polar surface area (TPSA) is 89.3 Å². The molecule has 1 aliphatic rings. The predicted molar refractivity (Wildman–Crippen MR) is 84.1 cm³/mol. The van der Waals surface area contributed by atoms with Crippen molar-refractivity contribution in [2.45, 2.75) is 49.8 Å². The molecule has 0 spiro atoms. The first-order valence-corrected chi connectivity index (χ1v) is 9.22. The molecule has 1 aliphatic carbocycles. The minimum atomic E-state index is -3.84. The van der Waals surface area contributed by atoms with Gasteiger partial charge in [-0.05, 0) is 18.4 Å². The summed E-state index contributed by atoms with van der Waals surface area (Å²) in [6.45, 7) is 0.332. The molecule has 0 radical (unpaired) electrons. The largest absolute Gasteiger partial charge is 0.289 e. The molecule has 0 unspecified atom stereocenters. The van der Waals surface area contributed by atoms with Gasteiger partial charge in [-0.3, -0.25) is 10.1 Å². The molecule has 0 atom stereocenters. The zero-order valence-corrected chi connectivity index (χ0v) is 13.3. The van der Waals surface area contributed by atoms with Gasteiger partial charge in [-0.2, -0.15) is 0 Å². The van der Waals surface area contributed by atoms with Crippen molar-refractivity contribution in [2.24, 2.45) is 5.92 Å². The number of hydrogen-bond acceptors (Lipinski definition) is 4. The predicted octanol–water partition coefficient (Wildman–Crippen LogP) is 3.23. The number of hydrogen-bond donors (Lipinski definition) is 1. The standard InChI is InChI=1S/C15H22N2O4S/c18-17(19)14-9-5-6-10-15(14)22(20,21)16-12-11-13-7-3-1-2-4-8-13/h5-6,9-10,13,16H,1-4,7-8,11-12H2. The van der Waals surface area contributed by atoms with E-state index in [0.29, 0.717) is 12.5 Å². The molecule has 1 aromatic rings. The van der Waals surface area contributed by atoms with Gasteiger partial charge in [0.1, 0.15) is 0 Å². The Hall–Kier alpha value is -1.47. The molecule has 0 amide bonds. The normalized spacial score (nSPS) is 17.1. The third kappa shape index (κ3) is 4.51. The van der Waals surface area contributed by atoms with E-state index >= 15 is 0 Å². The summed E-state index contributed by atoms with van der Waals surface area (Å²) < 4.78 is 27.0. The van der Waals surface area contributed by atoms with E-state index in [-0.39, 0.29) is 10.6 Å². The van der Waals surface area contributed by atoms with Crippen LogP contribution in [0.4, 0.5) is 5.69 Å². The van der Waals surface area contributed by atoms with E-state index in [0.717, 1.165) is 19.3 Å². The van der Waals surface area contributed by atoms with E-state index in [1.807, 2.05) is 0 Å². The second-order valence-electron chi connectivity index (χ2n) is 5.77. The Bertz CT molecular complexity index is 608. The van der Waals surface area contributed by atoms with Gasteiger partial charge in [-0.1, -0.05) is 50.7 Å². The maximum absolute atomic E-state index is 12.3. The summed E-state index contributed by atoms with van der Waals surface area (Å²) in [4.78, 5) is 10.0. The van der Waals surface area contributed by atoms with Gasteiger partial charge in [0.15, 0.2) is 4.90 Å². The molecule has 122 valence electrons. The van der Waals surface area contributed by atoms with Crippen molar-refractivity contribution in [1.29, 1.82) is 0 Å². The molecule has 0 heterocycles. The van der Waals surface area contributed by atoms with E-state index in [9.17, 15) is 18.5 Å². The fourth-order valence-corrected chi connectivity index (χ4v) is 4.18. The molecule has 0 aliphatic heterocycles. The molecule has 0 aromatic heterocycles. The Balaban J connectivity index is 1.98. The molecule has 2 rings (SSSR count). The quantitative estimate of drug-likeness (QED) is 0.494. The van der Waals surface area contributed by atoms with Crippen LogP contribution in [-0.2, 0) is 10.0 Å². The lowest BCUT2D eigenvalue weighted by molar-refractivity contribution is -0.387. The molecule has 1 aromatic carbocycles. The molecule has 0 bridgehead atoms. The second-order valence-corrected chi connectivity index (χ2v) is 7.50. The number of nitrogens with zero attached hydrogens (tertiary/aromatic N) is 1. The number of nitrogens with one attached hydrogen (secondary N) is 1. The zero-order valence-electron chi connectivity index (χ0n) is 12.5. The minimum absolute atomic E-state index is 0.263. The van der Waals surface area contributed by atoms with E-state index in [4.69, 9.17) is 0 Å². The van der Waals surface area contributed by atoms with Crippen LogP contribution in [-0.4, -0.2) is 19.9 Å². The fourth-order valence-electron chi connectivity index (χ4n) is 2.96. The summed E-state index contributed by atoms with van der Waals surface area (Å²) in [6, 6.07) is 5.43. The van der Waals surface area contributed by atoms with Crippen molar-refractivity contribution in [2.75, 3.05) is 6.54 Å². The van der Waals surface area contributed by atoms with Crippen LogP contribution in [0.2, 0.25) is 0 Å². The van der Waals surface area contributed by atoms with Crippen LogP contribution in [0.1, 0.15) is 44.9 Å². The third-order valence-electron chi connectivity index (χ3n) is 4.17. The van der Waals surface area contributed by atoms with Gasteiger partial charge in [0.25, 0.3) is 5.69 Å². The van der Waals surface area contributed by atoms with Crippen molar-refractivity contribution >= 4 is 15.7 Å². The van der Waals surface area contributed by atoms with Gasteiger partial charge in [0.05, 0.1) is 4.92 Å². The lowest BCUT2D eigenvalue weighted by Crippen LogP contribution is -2.26. The Morgan fingerprint density at radius 1 is 1.14 bits per heavy atom. The Labute approximate surface area is 131 Å². The van der Waals surface area contributed by atoms with Crippen molar-refractivity contribution in [3.05, 3.63) is 34.4 Å². The zero-order chi connectivity index (χ0) is 16.0. The van der Waals surface area contributed by atoms with Crippen molar-refractivity contribution in [3.8, 4) is 0 Å².